The number of esters is 1. The first-order valence-corrected chi connectivity index (χ1v) is 7.69. The lowest BCUT2D eigenvalue weighted by Gasteiger charge is -2.34. The zero-order valence-corrected chi connectivity index (χ0v) is 13.5. The third kappa shape index (κ3) is 4.59. The van der Waals surface area contributed by atoms with E-state index >= 15 is 0 Å². The van der Waals surface area contributed by atoms with Gasteiger partial charge in [-0.15, -0.1) is 0 Å². The van der Waals surface area contributed by atoms with Crippen LogP contribution in [0.3, 0.4) is 0 Å². The number of hydrogen-bond acceptors (Lipinski definition) is 9. The van der Waals surface area contributed by atoms with E-state index in [1.807, 2.05) is 18.7 Å². The zero-order chi connectivity index (χ0) is 17.0. The van der Waals surface area contributed by atoms with Crippen LogP contribution < -0.4 is 27.4 Å². The molecule has 2 aliphatic heterocycles. The topological polar surface area (TPSA) is 144 Å². The average Bonchev–Trinajstić information content (AvgIpc) is 2.89. The Kier molecular flexibility index (Phi) is 6.27. The van der Waals surface area contributed by atoms with Crippen LogP contribution in [0.25, 0.3) is 0 Å². The van der Waals surface area contributed by atoms with Gasteiger partial charge in [0.05, 0.1) is 19.4 Å². The van der Waals surface area contributed by atoms with Crippen molar-refractivity contribution in [2.45, 2.75) is 38.4 Å². The Morgan fingerprint density at radius 3 is 2.87 bits per heavy atom. The third-order valence-corrected chi connectivity index (χ3v) is 3.87. The Bertz CT molecular complexity index is 435. The molecule has 2 aliphatic rings. The van der Waals surface area contributed by atoms with Gasteiger partial charge in [0.15, 0.2) is 0 Å². The van der Waals surface area contributed by atoms with Gasteiger partial charge in [-0.3, -0.25) is 30.9 Å². The third-order valence-electron chi connectivity index (χ3n) is 3.87. The van der Waals surface area contributed by atoms with Crippen LogP contribution in [0.1, 0.15) is 13.8 Å². The molecule has 10 nitrogen and oxygen atoms in total. The fourth-order valence-corrected chi connectivity index (χ4v) is 2.42. The van der Waals surface area contributed by atoms with Crippen molar-refractivity contribution in [3.8, 4) is 0 Å². The van der Waals surface area contributed by atoms with Crippen molar-refractivity contribution in [2.75, 3.05) is 26.6 Å². The first-order chi connectivity index (χ1) is 10.9. The molecule has 132 valence electrons. The Morgan fingerprint density at radius 1 is 1.43 bits per heavy atom. The first-order valence-electron chi connectivity index (χ1n) is 7.69. The molecule has 23 heavy (non-hydrogen) atoms. The van der Waals surface area contributed by atoms with Gasteiger partial charge in [0, 0.05) is 0 Å². The summed E-state index contributed by atoms with van der Waals surface area (Å²) in [6.07, 6.45) is -0.805. The number of amides is 1. The second-order valence-corrected chi connectivity index (χ2v) is 6.00. The standard InChI is InChI=1S/C13H26N6O4/c1-7(2)8(14)12(21)23-4-3-22-6-19-5-16-9-10(19)17-13(15)18-11(9)20/h7-10,13,16-17H,3-6,14-15H2,1-2H3,(H,18,20). The van der Waals surface area contributed by atoms with Crippen LogP contribution in [0.15, 0.2) is 0 Å². The molecule has 0 aromatic rings. The lowest BCUT2D eigenvalue weighted by molar-refractivity contribution is -0.148. The van der Waals surface area contributed by atoms with Gasteiger partial charge in [-0.05, 0) is 5.92 Å². The van der Waals surface area contributed by atoms with Gasteiger partial charge in [0.2, 0.25) is 5.91 Å². The van der Waals surface area contributed by atoms with Gasteiger partial charge in [0.25, 0.3) is 0 Å². The van der Waals surface area contributed by atoms with Crippen LogP contribution in [-0.4, -0.2) is 67.9 Å². The zero-order valence-electron chi connectivity index (χ0n) is 13.5. The number of fused-ring (bicyclic) bond motifs is 1. The number of nitrogens with two attached hydrogens (primary N) is 2. The van der Waals surface area contributed by atoms with Crippen molar-refractivity contribution in [2.24, 2.45) is 17.4 Å². The lowest BCUT2D eigenvalue weighted by Crippen LogP contribution is -2.70. The predicted molar refractivity (Wildman–Crippen MR) is 81.3 cm³/mol. The molecule has 0 aromatic carbocycles. The van der Waals surface area contributed by atoms with Gasteiger partial charge >= 0.3 is 5.97 Å². The van der Waals surface area contributed by atoms with E-state index in [-0.39, 0.29) is 44.0 Å². The fraction of sp³-hybridized carbons (Fsp3) is 0.846. The quantitative estimate of drug-likeness (QED) is 0.244. The second-order valence-electron chi connectivity index (χ2n) is 6.00. The average molecular weight is 330 g/mol. The Morgan fingerprint density at radius 2 is 2.17 bits per heavy atom. The van der Waals surface area contributed by atoms with E-state index in [0.29, 0.717) is 6.67 Å². The van der Waals surface area contributed by atoms with E-state index in [4.69, 9.17) is 20.9 Å². The maximum absolute atomic E-state index is 11.8. The Hall–Kier alpha value is -1.30. The number of rotatable bonds is 7. The molecule has 0 aliphatic carbocycles. The molecule has 4 atom stereocenters. The SMILES string of the molecule is CC(C)C(N)C(=O)OCCOCN1CNC2C(=O)NC(N)NC21. The van der Waals surface area contributed by atoms with E-state index in [0.717, 1.165) is 0 Å². The molecular formula is C13H26N6O4. The van der Waals surface area contributed by atoms with Crippen molar-refractivity contribution in [3.05, 3.63) is 0 Å². The molecule has 0 aromatic heterocycles. The van der Waals surface area contributed by atoms with Crippen molar-refractivity contribution in [3.63, 3.8) is 0 Å². The highest BCUT2D eigenvalue weighted by Crippen LogP contribution is 2.12. The normalized spacial score (nSPS) is 29.3. The smallest absolute Gasteiger partial charge is 0.323 e. The molecule has 2 fully saturated rings. The van der Waals surface area contributed by atoms with Gasteiger partial charge in [-0.25, -0.2) is 0 Å². The minimum atomic E-state index is -0.620. The van der Waals surface area contributed by atoms with Crippen LogP contribution in [0.4, 0.5) is 0 Å². The van der Waals surface area contributed by atoms with E-state index < -0.39 is 18.3 Å². The van der Waals surface area contributed by atoms with Crippen molar-refractivity contribution in [1.29, 1.82) is 0 Å². The summed E-state index contributed by atoms with van der Waals surface area (Å²) in [5, 5.41) is 8.76. The monoisotopic (exact) mass is 330 g/mol. The summed E-state index contributed by atoms with van der Waals surface area (Å²) in [7, 11) is 0. The number of ether oxygens (including phenoxy) is 2. The molecule has 2 rings (SSSR count). The van der Waals surface area contributed by atoms with Crippen LogP contribution in [-0.2, 0) is 19.1 Å². The molecule has 2 heterocycles. The maximum Gasteiger partial charge on any atom is 0.323 e. The molecule has 1 amide bonds. The van der Waals surface area contributed by atoms with Crippen molar-refractivity contribution >= 4 is 11.9 Å². The van der Waals surface area contributed by atoms with Crippen LogP contribution >= 0.6 is 0 Å². The van der Waals surface area contributed by atoms with Crippen LogP contribution in [0.2, 0.25) is 0 Å². The van der Waals surface area contributed by atoms with E-state index in [9.17, 15) is 9.59 Å². The number of carbonyl (C=O) groups excluding carboxylic acids is 2. The summed E-state index contributed by atoms with van der Waals surface area (Å²) in [6.45, 7) is 4.90. The number of carbonyl (C=O) groups is 2. The molecule has 0 spiro atoms. The fourth-order valence-electron chi connectivity index (χ4n) is 2.42. The largest absolute Gasteiger partial charge is 0.462 e. The molecule has 4 unspecified atom stereocenters. The van der Waals surface area contributed by atoms with Gasteiger partial charge in [0.1, 0.15) is 31.7 Å². The number of hydrogen-bond donors (Lipinski definition) is 5. The van der Waals surface area contributed by atoms with Crippen LogP contribution in [0, 0.1) is 5.92 Å². The first kappa shape index (κ1) is 18.0. The minimum Gasteiger partial charge on any atom is -0.462 e. The second kappa shape index (κ2) is 7.99. The Balaban J connectivity index is 1.65. The molecular weight excluding hydrogens is 304 g/mol. The summed E-state index contributed by atoms with van der Waals surface area (Å²) in [6, 6.07) is -0.981. The molecule has 0 radical (unpaired) electrons. The van der Waals surface area contributed by atoms with Crippen molar-refractivity contribution < 1.29 is 19.1 Å². The predicted octanol–water partition coefficient (Wildman–Crippen LogP) is -2.99. The summed E-state index contributed by atoms with van der Waals surface area (Å²) in [4.78, 5) is 25.3. The summed E-state index contributed by atoms with van der Waals surface area (Å²) in [5.74, 6) is -0.535. The highest BCUT2D eigenvalue weighted by atomic mass is 16.6. The highest BCUT2D eigenvalue weighted by molar-refractivity contribution is 5.83. The van der Waals surface area contributed by atoms with Gasteiger partial charge in [-0.2, -0.15) is 0 Å². The molecule has 0 saturated carbocycles. The minimum absolute atomic E-state index is 0.0313. The van der Waals surface area contributed by atoms with E-state index in [2.05, 4.69) is 16.0 Å². The lowest BCUT2D eigenvalue weighted by atomic mass is 10.1. The van der Waals surface area contributed by atoms with Gasteiger partial charge < -0.3 is 20.5 Å². The number of nitrogens with zero attached hydrogens (tertiary/aromatic N) is 1. The van der Waals surface area contributed by atoms with E-state index in [1.54, 1.807) is 0 Å². The molecule has 0 bridgehead atoms. The molecule has 7 N–H and O–H groups in total. The highest BCUT2D eigenvalue weighted by Gasteiger charge is 2.42. The summed E-state index contributed by atoms with van der Waals surface area (Å²) in [5.41, 5.74) is 11.4. The summed E-state index contributed by atoms with van der Waals surface area (Å²) >= 11 is 0. The van der Waals surface area contributed by atoms with E-state index in [1.165, 1.54) is 0 Å². The summed E-state index contributed by atoms with van der Waals surface area (Å²) < 4.78 is 10.5. The molecule has 2 saturated heterocycles. The Labute approximate surface area is 135 Å². The van der Waals surface area contributed by atoms with Crippen LogP contribution in [0.5, 0.6) is 0 Å². The molecule has 10 heteroatoms. The number of nitrogens with one attached hydrogen (secondary N) is 3. The maximum atomic E-state index is 11.8. The van der Waals surface area contributed by atoms with Gasteiger partial charge in [-0.1, -0.05) is 13.8 Å². The van der Waals surface area contributed by atoms with Crippen molar-refractivity contribution in [1.82, 2.24) is 20.9 Å².